The van der Waals surface area contributed by atoms with Crippen LogP contribution in [0.2, 0.25) is 0 Å². The lowest BCUT2D eigenvalue weighted by atomic mass is 10.6. The van der Waals surface area contributed by atoms with Crippen LogP contribution in [-0.2, 0) is 4.84 Å². The standard InChI is InChI=1S/C6H14N2O/c1-4-7-9-6-5-8(2)3/h4H,5-6H2,1-3H3. The van der Waals surface area contributed by atoms with Crippen LogP contribution in [0.4, 0.5) is 0 Å². The van der Waals surface area contributed by atoms with Gasteiger partial charge in [0, 0.05) is 12.8 Å². The van der Waals surface area contributed by atoms with Gasteiger partial charge in [0.15, 0.2) is 0 Å². The number of oxime groups is 1. The molecule has 9 heavy (non-hydrogen) atoms. The Morgan fingerprint density at radius 3 is 2.67 bits per heavy atom. The Morgan fingerprint density at radius 2 is 2.22 bits per heavy atom. The summed E-state index contributed by atoms with van der Waals surface area (Å²) in [6, 6.07) is 0. The van der Waals surface area contributed by atoms with Crippen molar-refractivity contribution in [3.63, 3.8) is 0 Å². The highest BCUT2D eigenvalue weighted by molar-refractivity contribution is 5.52. The van der Waals surface area contributed by atoms with Crippen molar-refractivity contribution in [1.29, 1.82) is 0 Å². The highest BCUT2D eigenvalue weighted by atomic mass is 16.6. The lowest BCUT2D eigenvalue weighted by molar-refractivity contribution is 0.127. The Morgan fingerprint density at radius 1 is 1.56 bits per heavy atom. The summed E-state index contributed by atoms with van der Waals surface area (Å²) in [7, 11) is 4.00. The molecule has 0 radical (unpaired) electrons. The molecule has 0 aromatic heterocycles. The van der Waals surface area contributed by atoms with Gasteiger partial charge in [-0.05, 0) is 21.0 Å². The first-order valence-corrected chi connectivity index (χ1v) is 3.02. The zero-order valence-electron chi connectivity index (χ0n) is 6.29. The van der Waals surface area contributed by atoms with Crippen LogP contribution in [0.1, 0.15) is 6.92 Å². The van der Waals surface area contributed by atoms with E-state index in [0.717, 1.165) is 6.54 Å². The van der Waals surface area contributed by atoms with Crippen molar-refractivity contribution in [3.05, 3.63) is 0 Å². The molecular formula is C6H14N2O. The maximum atomic E-state index is 4.82. The monoisotopic (exact) mass is 130 g/mol. The molecule has 0 rings (SSSR count). The lowest BCUT2D eigenvalue weighted by Crippen LogP contribution is -2.16. The lowest BCUT2D eigenvalue weighted by Gasteiger charge is -2.06. The minimum absolute atomic E-state index is 0.664. The van der Waals surface area contributed by atoms with Gasteiger partial charge in [-0.2, -0.15) is 0 Å². The zero-order chi connectivity index (χ0) is 7.11. The third-order valence-corrected chi connectivity index (χ3v) is 0.810. The van der Waals surface area contributed by atoms with E-state index in [1.54, 1.807) is 6.21 Å². The number of rotatable bonds is 4. The summed E-state index contributed by atoms with van der Waals surface area (Å²) in [6.07, 6.45) is 1.63. The summed E-state index contributed by atoms with van der Waals surface area (Å²) in [5.74, 6) is 0. The molecule has 0 bridgehead atoms. The molecule has 0 aromatic carbocycles. The van der Waals surface area contributed by atoms with E-state index in [2.05, 4.69) is 5.16 Å². The molecule has 0 spiro atoms. The Balaban J connectivity index is 2.91. The van der Waals surface area contributed by atoms with Crippen molar-refractivity contribution >= 4 is 6.21 Å². The maximum absolute atomic E-state index is 4.82. The topological polar surface area (TPSA) is 24.8 Å². The van der Waals surface area contributed by atoms with Crippen LogP contribution in [0.3, 0.4) is 0 Å². The Kier molecular flexibility index (Phi) is 5.21. The van der Waals surface area contributed by atoms with Gasteiger partial charge in [-0.25, -0.2) is 0 Å². The maximum Gasteiger partial charge on any atom is 0.129 e. The predicted octanol–water partition coefficient (Wildman–Crippen LogP) is 0.570. The molecule has 0 amide bonds. The Hall–Kier alpha value is -0.570. The van der Waals surface area contributed by atoms with Crippen LogP contribution in [-0.4, -0.2) is 38.4 Å². The zero-order valence-corrected chi connectivity index (χ0v) is 6.29. The largest absolute Gasteiger partial charge is 0.395 e. The first-order valence-electron chi connectivity index (χ1n) is 3.02. The molecule has 0 N–H and O–H groups in total. The number of nitrogens with zero attached hydrogens (tertiary/aromatic N) is 2. The minimum atomic E-state index is 0.664. The second-order valence-corrected chi connectivity index (χ2v) is 2.00. The molecule has 3 nitrogen and oxygen atoms in total. The number of hydrogen-bond acceptors (Lipinski definition) is 3. The van der Waals surface area contributed by atoms with Gasteiger partial charge in [0.25, 0.3) is 0 Å². The molecule has 0 fully saturated rings. The molecule has 0 atom stereocenters. The quantitative estimate of drug-likeness (QED) is 0.316. The molecule has 54 valence electrons. The van der Waals surface area contributed by atoms with Gasteiger partial charge < -0.3 is 9.74 Å². The fraction of sp³-hybridized carbons (Fsp3) is 0.833. The first kappa shape index (κ1) is 8.43. The van der Waals surface area contributed by atoms with E-state index in [4.69, 9.17) is 4.84 Å². The summed E-state index contributed by atoms with van der Waals surface area (Å²) in [4.78, 5) is 6.87. The van der Waals surface area contributed by atoms with E-state index < -0.39 is 0 Å². The second kappa shape index (κ2) is 5.56. The van der Waals surface area contributed by atoms with Crippen molar-refractivity contribution in [2.24, 2.45) is 5.16 Å². The van der Waals surface area contributed by atoms with Crippen LogP contribution >= 0.6 is 0 Å². The minimum Gasteiger partial charge on any atom is -0.395 e. The van der Waals surface area contributed by atoms with Gasteiger partial charge in [0.05, 0.1) is 0 Å². The van der Waals surface area contributed by atoms with Gasteiger partial charge in [-0.3, -0.25) is 0 Å². The normalized spacial score (nSPS) is 11.1. The summed E-state index contributed by atoms with van der Waals surface area (Å²) in [5, 5.41) is 3.59. The third-order valence-electron chi connectivity index (χ3n) is 0.810. The fourth-order valence-electron chi connectivity index (χ4n) is 0.351. The average molecular weight is 130 g/mol. The smallest absolute Gasteiger partial charge is 0.129 e. The number of likely N-dealkylation sites (N-methyl/N-ethyl adjacent to an activating group) is 1. The average Bonchev–Trinajstić information content (AvgIpc) is 1.80. The Bertz CT molecular complexity index is 81.1. The highest BCUT2D eigenvalue weighted by Crippen LogP contribution is 1.77. The van der Waals surface area contributed by atoms with Gasteiger partial charge in [0.1, 0.15) is 6.61 Å². The van der Waals surface area contributed by atoms with Crippen LogP contribution < -0.4 is 0 Å². The number of hydrogen-bond donors (Lipinski definition) is 0. The summed E-state index contributed by atoms with van der Waals surface area (Å²) >= 11 is 0. The molecule has 0 aliphatic heterocycles. The summed E-state index contributed by atoms with van der Waals surface area (Å²) in [5.41, 5.74) is 0. The molecule has 3 heteroatoms. The van der Waals surface area contributed by atoms with E-state index >= 15 is 0 Å². The van der Waals surface area contributed by atoms with E-state index in [-0.39, 0.29) is 0 Å². The summed E-state index contributed by atoms with van der Waals surface area (Å²) < 4.78 is 0. The Labute approximate surface area is 56.3 Å². The summed E-state index contributed by atoms with van der Waals surface area (Å²) in [6.45, 7) is 3.41. The molecule has 0 unspecified atom stereocenters. The predicted molar refractivity (Wildman–Crippen MR) is 38.7 cm³/mol. The third kappa shape index (κ3) is 7.43. The molecule has 0 saturated carbocycles. The van der Waals surface area contributed by atoms with Gasteiger partial charge in [-0.15, -0.1) is 0 Å². The second-order valence-electron chi connectivity index (χ2n) is 2.00. The fourth-order valence-corrected chi connectivity index (χ4v) is 0.351. The van der Waals surface area contributed by atoms with Crippen molar-refractivity contribution in [3.8, 4) is 0 Å². The van der Waals surface area contributed by atoms with Gasteiger partial charge in [-0.1, -0.05) is 5.16 Å². The van der Waals surface area contributed by atoms with E-state index in [1.807, 2.05) is 25.9 Å². The molecule has 0 aliphatic carbocycles. The van der Waals surface area contributed by atoms with Crippen LogP contribution in [0.5, 0.6) is 0 Å². The molecule has 0 heterocycles. The van der Waals surface area contributed by atoms with E-state index in [1.165, 1.54) is 0 Å². The van der Waals surface area contributed by atoms with Crippen LogP contribution in [0, 0.1) is 0 Å². The van der Waals surface area contributed by atoms with Crippen LogP contribution in [0.25, 0.3) is 0 Å². The SMILES string of the molecule is CC=NOCCN(C)C. The first-order chi connectivity index (χ1) is 4.27. The highest BCUT2D eigenvalue weighted by Gasteiger charge is 1.86. The van der Waals surface area contributed by atoms with Gasteiger partial charge >= 0.3 is 0 Å². The molecule has 0 aliphatic rings. The van der Waals surface area contributed by atoms with Crippen molar-refractivity contribution < 1.29 is 4.84 Å². The van der Waals surface area contributed by atoms with Crippen molar-refractivity contribution in [2.75, 3.05) is 27.2 Å². The molecule has 0 saturated heterocycles. The molecule has 0 aromatic rings. The molecular weight excluding hydrogens is 116 g/mol. The van der Waals surface area contributed by atoms with E-state index in [9.17, 15) is 0 Å². The van der Waals surface area contributed by atoms with Crippen LogP contribution in [0.15, 0.2) is 5.16 Å². The van der Waals surface area contributed by atoms with Crippen molar-refractivity contribution in [1.82, 2.24) is 4.90 Å². The van der Waals surface area contributed by atoms with E-state index in [0.29, 0.717) is 6.61 Å². The van der Waals surface area contributed by atoms with Gasteiger partial charge in [0.2, 0.25) is 0 Å². The van der Waals surface area contributed by atoms with Crippen molar-refractivity contribution in [2.45, 2.75) is 6.92 Å².